The van der Waals surface area contributed by atoms with E-state index in [1.807, 2.05) is 0 Å². The molecule has 0 amide bonds. The van der Waals surface area contributed by atoms with Crippen LogP contribution in [0.5, 0.6) is 0 Å². The molecule has 0 saturated carbocycles. The van der Waals surface area contributed by atoms with Crippen LogP contribution >= 0.6 is 37.2 Å². The SMILES string of the molecule is Cl.Cl.Cl.NCCCCCCNC(CCCCN)C(=O)O. The molecule has 1 unspecified atom stereocenters. The molecule has 0 spiro atoms. The highest BCUT2D eigenvalue weighted by molar-refractivity contribution is 5.86. The Hall–Kier alpha value is 0.220. The molecular formula is C12H30Cl3N3O2. The van der Waals surface area contributed by atoms with Gasteiger partial charge in [0.2, 0.25) is 0 Å². The number of unbranched alkanes of at least 4 members (excludes halogenated alkanes) is 4. The molecule has 5 nitrogen and oxygen atoms in total. The zero-order chi connectivity index (χ0) is 12.9. The molecule has 0 radical (unpaired) electrons. The van der Waals surface area contributed by atoms with E-state index in [9.17, 15) is 4.79 Å². The van der Waals surface area contributed by atoms with Crippen LogP contribution in [0.4, 0.5) is 0 Å². The lowest BCUT2D eigenvalue weighted by Gasteiger charge is -2.13. The fraction of sp³-hybridized carbons (Fsp3) is 0.917. The van der Waals surface area contributed by atoms with E-state index in [1.54, 1.807) is 0 Å². The minimum Gasteiger partial charge on any atom is -0.480 e. The number of carboxylic acid groups (broad SMARTS) is 1. The van der Waals surface area contributed by atoms with Crippen molar-refractivity contribution in [3.8, 4) is 0 Å². The van der Waals surface area contributed by atoms with Crippen LogP contribution in [0.15, 0.2) is 0 Å². The predicted octanol–water partition coefficient (Wildman–Crippen LogP) is 1.94. The molecule has 0 aromatic carbocycles. The van der Waals surface area contributed by atoms with Gasteiger partial charge in [-0.2, -0.15) is 0 Å². The molecule has 0 aromatic rings. The summed E-state index contributed by atoms with van der Waals surface area (Å²) >= 11 is 0. The Kier molecular flexibility index (Phi) is 30.5. The third-order valence-corrected chi connectivity index (χ3v) is 2.77. The van der Waals surface area contributed by atoms with Crippen LogP contribution in [0, 0.1) is 0 Å². The molecule has 0 rings (SSSR count). The average Bonchev–Trinajstić information content (AvgIpc) is 2.31. The van der Waals surface area contributed by atoms with Gasteiger partial charge in [0.05, 0.1) is 0 Å². The van der Waals surface area contributed by atoms with Crippen molar-refractivity contribution in [3.05, 3.63) is 0 Å². The monoisotopic (exact) mass is 353 g/mol. The average molecular weight is 355 g/mol. The highest BCUT2D eigenvalue weighted by Gasteiger charge is 2.15. The second-order valence-corrected chi connectivity index (χ2v) is 4.33. The van der Waals surface area contributed by atoms with Gasteiger partial charge in [0.15, 0.2) is 0 Å². The van der Waals surface area contributed by atoms with Gasteiger partial charge in [0.25, 0.3) is 0 Å². The Morgan fingerprint density at radius 3 is 1.90 bits per heavy atom. The van der Waals surface area contributed by atoms with E-state index in [4.69, 9.17) is 16.6 Å². The molecule has 6 N–H and O–H groups in total. The second kappa shape index (κ2) is 21.5. The summed E-state index contributed by atoms with van der Waals surface area (Å²) in [4.78, 5) is 10.9. The number of carboxylic acids is 1. The molecule has 0 bridgehead atoms. The second-order valence-electron chi connectivity index (χ2n) is 4.33. The molecule has 8 heteroatoms. The van der Waals surface area contributed by atoms with Gasteiger partial charge in [-0.25, -0.2) is 0 Å². The lowest BCUT2D eigenvalue weighted by molar-refractivity contribution is -0.139. The predicted molar refractivity (Wildman–Crippen MR) is 91.6 cm³/mol. The van der Waals surface area contributed by atoms with Gasteiger partial charge in [-0.3, -0.25) is 4.79 Å². The van der Waals surface area contributed by atoms with Crippen LogP contribution in [-0.2, 0) is 4.79 Å². The van der Waals surface area contributed by atoms with Crippen LogP contribution in [0.1, 0.15) is 44.9 Å². The zero-order valence-electron chi connectivity index (χ0n) is 11.9. The lowest BCUT2D eigenvalue weighted by atomic mass is 10.1. The molecule has 0 aliphatic rings. The first-order valence-electron chi connectivity index (χ1n) is 6.58. The van der Waals surface area contributed by atoms with E-state index in [0.717, 1.165) is 51.6 Å². The van der Waals surface area contributed by atoms with Crippen molar-refractivity contribution in [2.24, 2.45) is 11.5 Å². The van der Waals surface area contributed by atoms with Gasteiger partial charge >= 0.3 is 5.97 Å². The Balaban J connectivity index is -0.000000427. The maximum Gasteiger partial charge on any atom is 0.320 e. The third kappa shape index (κ3) is 18.2. The molecule has 20 heavy (non-hydrogen) atoms. The summed E-state index contributed by atoms with van der Waals surface area (Å²) in [7, 11) is 0. The number of hydrogen-bond acceptors (Lipinski definition) is 4. The van der Waals surface area contributed by atoms with E-state index in [1.165, 1.54) is 0 Å². The van der Waals surface area contributed by atoms with Gasteiger partial charge in [0, 0.05) is 0 Å². The van der Waals surface area contributed by atoms with Gasteiger partial charge in [-0.05, 0) is 45.3 Å². The number of aliphatic carboxylic acids is 1. The number of halogens is 3. The van der Waals surface area contributed by atoms with Gasteiger partial charge in [-0.1, -0.05) is 19.3 Å². The van der Waals surface area contributed by atoms with Gasteiger partial charge in [0.1, 0.15) is 6.04 Å². The third-order valence-electron chi connectivity index (χ3n) is 2.77. The van der Waals surface area contributed by atoms with Crippen molar-refractivity contribution in [3.63, 3.8) is 0 Å². The quantitative estimate of drug-likeness (QED) is 0.401. The van der Waals surface area contributed by atoms with Crippen molar-refractivity contribution in [2.75, 3.05) is 19.6 Å². The fourth-order valence-corrected chi connectivity index (χ4v) is 1.70. The van der Waals surface area contributed by atoms with Crippen LogP contribution in [-0.4, -0.2) is 36.8 Å². The maximum absolute atomic E-state index is 10.9. The van der Waals surface area contributed by atoms with Crippen molar-refractivity contribution < 1.29 is 9.90 Å². The molecule has 1 atom stereocenters. The first-order valence-corrected chi connectivity index (χ1v) is 6.58. The van der Waals surface area contributed by atoms with E-state index < -0.39 is 12.0 Å². The molecule has 126 valence electrons. The summed E-state index contributed by atoms with van der Waals surface area (Å²) in [5.74, 6) is -0.760. The fourth-order valence-electron chi connectivity index (χ4n) is 1.70. The number of nitrogens with two attached hydrogens (primary N) is 2. The Morgan fingerprint density at radius 2 is 1.40 bits per heavy atom. The number of hydrogen-bond donors (Lipinski definition) is 4. The molecule has 0 fully saturated rings. The van der Waals surface area contributed by atoms with E-state index in [0.29, 0.717) is 13.0 Å². The molecule has 0 heterocycles. The summed E-state index contributed by atoms with van der Waals surface area (Å²) in [5.41, 5.74) is 10.8. The zero-order valence-corrected chi connectivity index (χ0v) is 14.3. The number of carbonyl (C=O) groups is 1. The van der Waals surface area contributed by atoms with Crippen LogP contribution < -0.4 is 16.8 Å². The van der Waals surface area contributed by atoms with E-state index in [2.05, 4.69) is 5.32 Å². The number of nitrogens with one attached hydrogen (secondary N) is 1. The standard InChI is InChI=1S/C12H27N3O2.3ClH/c13-8-4-1-2-6-10-15-11(12(16)17)7-3-5-9-14;;;/h11,15H,1-10,13-14H2,(H,16,17);3*1H. The topological polar surface area (TPSA) is 101 Å². The molecule has 0 saturated heterocycles. The smallest absolute Gasteiger partial charge is 0.320 e. The molecule has 0 aromatic heterocycles. The minimum atomic E-state index is -0.760. The van der Waals surface area contributed by atoms with Crippen molar-refractivity contribution in [1.29, 1.82) is 0 Å². The lowest BCUT2D eigenvalue weighted by Crippen LogP contribution is -2.37. The van der Waals surface area contributed by atoms with Crippen molar-refractivity contribution in [1.82, 2.24) is 5.32 Å². The summed E-state index contributed by atoms with van der Waals surface area (Å²) in [5, 5.41) is 12.1. The van der Waals surface area contributed by atoms with Crippen molar-refractivity contribution in [2.45, 2.75) is 51.0 Å². The van der Waals surface area contributed by atoms with Crippen molar-refractivity contribution >= 4 is 43.2 Å². The molecular weight excluding hydrogens is 325 g/mol. The minimum absolute atomic E-state index is 0. The first kappa shape index (κ1) is 28.4. The summed E-state index contributed by atoms with van der Waals surface area (Å²) < 4.78 is 0. The first-order chi connectivity index (χ1) is 8.22. The Morgan fingerprint density at radius 1 is 0.900 bits per heavy atom. The van der Waals surface area contributed by atoms with E-state index in [-0.39, 0.29) is 37.2 Å². The highest BCUT2D eigenvalue weighted by atomic mass is 35.5. The molecule has 0 aliphatic carbocycles. The maximum atomic E-state index is 10.9. The van der Waals surface area contributed by atoms with Crippen LogP contribution in [0.25, 0.3) is 0 Å². The Labute approximate surface area is 140 Å². The Bertz CT molecular complexity index is 201. The summed E-state index contributed by atoms with van der Waals surface area (Å²) in [6, 6.07) is -0.420. The number of rotatable bonds is 12. The summed E-state index contributed by atoms with van der Waals surface area (Å²) in [6.07, 6.45) is 6.73. The normalized spacial score (nSPS) is 10.7. The highest BCUT2D eigenvalue weighted by Crippen LogP contribution is 2.02. The summed E-state index contributed by atoms with van der Waals surface area (Å²) in [6.45, 7) is 2.14. The van der Waals surface area contributed by atoms with Gasteiger partial charge < -0.3 is 21.9 Å². The van der Waals surface area contributed by atoms with Crippen LogP contribution in [0.2, 0.25) is 0 Å². The molecule has 0 aliphatic heterocycles. The largest absolute Gasteiger partial charge is 0.480 e. The van der Waals surface area contributed by atoms with E-state index >= 15 is 0 Å². The van der Waals surface area contributed by atoms with Crippen LogP contribution in [0.3, 0.4) is 0 Å². The van der Waals surface area contributed by atoms with Gasteiger partial charge in [-0.15, -0.1) is 37.2 Å².